The number of aliphatic hydroxyl groups excluding tert-OH is 4. The quantitative estimate of drug-likeness (QED) is 0.536. The molecule has 4 N–H and O–H groups in total. The Morgan fingerprint density at radius 2 is 2.07 bits per heavy atom. The predicted octanol–water partition coefficient (Wildman–Crippen LogP) is 2.32. The van der Waals surface area contributed by atoms with Crippen LogP contribution in [0.15, 0.2) is 53.5 Å². The Hall–Kier alpha value is -2.23. The fraction of sp³-hybridized carbons (Fsp3) is 0.409. The molecule has 0 amide bonds. The summed E-state index contributed by atoms with van der Waals surface area (Å²) in [6.45, 7) is -0.315. The monoisotopic (exact) mass is 432 g/mol. The van der Waals surface area contributed by atoms with Crippen molar-refractivity contribution >= 4 is 27.2 Å². The van der Waals surface area contributed by atoms with Crippen LogP contribution in [0.5, 0.6) is 0 Å². The third-order valence-electron chi connectivity index (χ3n) is 5.71. The maximum Gasteiger partial charge on any atom is 0.202 e. The molecule has 2 aliphatic rings. The molecular formula is C22H24O7S. The van der Waals surface area contributed by atoms with E-state index in [1.165, 1.54) is 24.5 Å². The molecule has 1 aromatic heterocycles. The first kappa shape index (κ1) is 21.0. The first-order valence-electron chi connectivity index (χ1n) is 9.76. The fourth-order valence-corrected chi connectivity index (χ4v) is 5.13. The Bertz CT molecular complexity index is 975. The van der Waals surface area contributed by atoms with Crippen LogP contribution >= 0.6 is 11.3 Å². The van der Waals surface area contributed by atoms with Gasteiger partial charge in [-0.1, -0.05) is 18.2 Å². The second-order valence-electron chi connectivity index (χ2n) is 7.60. The molecule has 0 bridgehead atoms. The number of benzene rings is 1. The summed E-state index contributed by atoms with van der Waals surface area (Å²) >= 11 is 1.38. The lowest BCUT2D eigenvalue weighted by atomic mass is 9.80. The highest BCUT2D eigenvalue weighted by molar-refractivity contribution is 7.21. The molecule has 0 spiro atoms. The van der Waals surface area contributed by atoms with Crippen LogP contribution < -0.4 is 0 Å². The lowest BCUT2D eigenvalue weighted by molar-refractivity contribution is -0.192. The molecule has 0 saturated carbocycles. The van der Waals surface area contributed by atoms with Gasteiger partial charge in [-0.3, -0.25) is 4.79 Å². The number of hydrogen-bond donors (Lipinski definition) is 4. The van der Waals surface area contributed by atoms with Crippen LogP contribution in [0.25, 0.3) is 10.1 Å². The van der Waals surface area contributed by atoms with E-state index < -0.39 is 30.3 Å². The molecule has 1 aliphatic heterocycles. The van der Waals surface area contributed by atoms with E-state index in [2.05, 4.69) is 0 Å². The first-order chi connectivity index (χ1) is 14.4. The molecule has 2 heterocycles. The Balaban J connectivity index is 1.66. The molecule has 7 nitrogen and oxygen atoms in total. The molecule has 1 fully saturated rings. The summed E-state index contributed by atoms with van der Waals surface area (Å²) in [5.41, 5.74) is 0.364. The number of rotatable bonds is 5. The van der Waals surface area contributed by atoms with Crippen molar-refractivity contribution < 1.29 is 34.7 Å². The van der Waals surface area contributed by atoms with Crippen LogP contribution in [0.4, 0.5) is 0 Å². The second kappa shape index (κ2) is 8.49. The minimum absolute atomic E-state index is 0.0746. The number of Topliss-reactive ketones (excluding diaryl/α,β-unsaturated/α-hetero) is 1. The number of ether oxygens (including phenoxy) is 2. The van der Waals surface area contributed by atoms with E-state index in [-0.39, 0.29) is 36.8 Å². The van der Waals surface area contributed by atoms with Gasteiger partial charge in [0.05, 0.1) is 36.9 Å². The molecule has 1 aromatic carbocycles. The van der Waals surface area contributed by atoms with E-state index in [0.717, 1.165) is 10.1 Å². The number of methoxy groups -OCH3 is 1. The van der Waals surface area contributed by atoms with Gasteiger partial charge in [0.25, 0.3) is 0 Å². The maximum atomic E-state index is 13.3. The van der Waals surface area contributed by atoms with Gasteiger partial charge in [0.15, 0.2) is 0 Å². The van der Waals surface area contributed by atoms with E-state index >= 15 is 0 Å². The van der Waals surface area contributed by atoms with E-state index in [1.54, 1.807) is 0 Å². The topological polar surface area (TPSA) is 116 Å². The van der Waals surface area contributed by atoms with Crippen molar-refractivity contribution in [2.75, 3.05) is 13.7 Å². The molecule has 30 heavy (non-hydrogen) atoms. The van der Waals surface area contributed by atoms with Gasteiger partial charge in [0, 0.05) is 28.7 Å². The SMILES string of the molecule is COC1=C(C(=O)c2cc3ccccc3s2)CC([C@@H]2O[C@H](CO)C[C@H](O)[C@H]2O)C(O)=C1. The minimum Gasteiger partial charge on any atom is -0.512 e. The van der Waals surface area contributed by atoms with Gasteiger partial charge in [0.2, 0.25) is 5.78 Å². The number of carbonyl (C=O) groups is 1. The summed E-state index contributed by atoms with van der Waals surface area (Å²) in [7, 11) is 1.43. The number of hydrogen-bond acceptors (Lipinski definition) is 8. The number of allylic oxidation sites excluding steroid dienone is 2. The molecule has 160 valence electrons. The lowest BCUT2D eigenvalue weighted by Crippen LogP contribution is -2.53. The number of fused-ring (bicyclic) bond motifs is 1. The molecule has 0 radical (unpaired) electrons. The molecular weight excluding hydrogens is 408 g/mol. The van der Waals surface area contributed by atoms with E-state index in [1.807, 2.05) is 30.3 Å². The molecule has 5 atom stereocenters. The average Bonchev–Trinajstić information content (AvgIpc) is 3.19. The van der Waals surface area contributed by atoms with Crippen molar-refractivity contribution in [3.8, 4) is 0 Å². The summed E-state index contributed by atoms with van der Waals surface area (Å²) in [6, 6.07) is 9.53. The van der Waals surface area contributed by atoms with Crippen molar-refractivity contribution in [3.63, 3.8) is 0 Å². The van der Waals surface area contributed by atoms with Crippen molar-refractivity contribution in [1.29, 1.82) is 0 Å². The van der Waals surface area contributed by atoms with Gasteiger partial charge < -0.3 is 29.9 Å². The fourth-order valence-electron chi connectivity index (χ4n) is 4.10. The largest absolute Gasteiger partial charge is 0.512 e. The number of ketones is 1. The third kappa shape index (κ3) is 3.77. The van der Waals surface area contributed by atoms with Gasteiger partial charge in [-0.05, 0) is 23.9 Å². The zero-order chi connectivity index (χ0) is 21.4. The van der Waals surface area contributed by atoms with Crippen molar-refractivity contribution in [2.45, 2.75) is 37.3 Å². The summed E-state index contributed by atoms with van der Waals surface area (Å²) in [4.78, 5) is 13.9. The molecule has 1 saturated heterocycles. The van der Waals surface area contributed by atoms with Gasteiger partial charge in [-0.15, -0.1) is 11.3 Å². The van der Waals surface area contributed by atoms with Crippen LogP contribution in [-0.4, -0.2) is 64.3 Å². The highest BCUT2D eigenvalue weighted by Gasteiger charge is 2.44. The first-order valence-corrected chi connectivity index (χ1v) is 10.6. The van der Waals surface area contributed by atoms with E-state index in [0.29, 0.717) is 10.5 Å². The highest BCUT2D eigenvalue weighted by Crippen LogP contribution is 2.39. The van der Waals surface area contributed by atoms with Gasteiger partial charge >= 0.3 is 0 Å². The molecule has 8 heteroatoms. The summed E-state index contributed by atoms with van der Waals surface area (Å²) in [5, 5.41) is 41.6. The zero-order valence-electron chi connectivity index (χ0n) is 16.4. The van der Waals surface area contributed by atoms with Crippen molar-refractivity contribution in [3.05, 3.63) is 58.4 Å². The number of aliphatic hydroxyl groups is 4. The second-order valence-corrected chi connectivity index (χ2v) is 8.69. The van der Waals surface area contributed by atoms with Crippen LogP contribution in [0.2, 0.25) is 0 Å². The maximum absolute atomic E-state index is 13.3. The van der Waals surface area contributed by atoms with E-state index in [9.17, 15) is 25.2 Å². The van der Waals surface area contributed by atoms with Crippen LogP contribution in [0.1, 0.15) is 22.5 Å². The predicted molar refractivity (Wildman–Crippen MR) is 111 cm³/mol. The standard InChI is InChI=1S/C22H24O7S/c1-28-17-9-15(24)13(22-21(27)16(25)7-12(10-23)29-22)8-14(17)20(26)19-6-11-4-2-3-5-18(11)30-19/h2-6,9,12-13,16,21-25,27H,7-8,10H2,1H3/t12-,13?,16-,21+,22-/m0/s1. The normalized spacial score (nSPS) is 29.7. The summed E-state index contributed by atoms with van der Waals surface area (Å²) in [6.07, 6.45) is -2.44. The van der Waals surface area contributed by atoms with Crippen molar-refractivity contribution in [2.24, 2.45) is 5.92 Å². The number of carbonyl (C=O) groups excluding carboxylic acids is 1. The minimum atomic E-state index is -1.25. The van der Waals surface area contributed by atoms with Gasteiger partial charge in [0.1, 0.15) is 17.6 Å². The Morgan fingerprint density at radius 1 is 1.30 bits per heavy atom. The van der Waals surface area contributed by atoms with Gasteiger partial charge in [-0.2, -0.15) is 0 Å². The van der Waals surface area contributed by atoms with Crippen LogP contribution in [-0.2, 0) is 9.47 Å². The summed E-state index contributed by atoms with van der Waals surface area (Å²) < 4.78 is 12.1. The molecule has 1 aliphatic carbocycles. The lowest BCUT2D eigenvalue weighted by Gasteiger charge is -2.41. The molecule has 2 aromatic rings. The molecule has 1 unspecified atom stereocenters. The van der Waals surface area contributed by atoms with Crippen molar-refractivity contribution in [1.82, 2.24) is 0 Å². The summed E-state index contributed by atoms with van der Waals surface area (Å²) in [5.74, 6) is -0.812. The highest BCUT2D eigenvalue weighted by atomic mass is 32.1. The van der Waals surface area contributed by atoms with Gasteiger partial charge in [-0.25, -0.2) is 0 Å². The van der Waals surface area contributed by atoms with Crippen LogP contribution in [0, 0.1) is 5.92 Å². The third-order valence-corrected chi connectivity index (χ3v) is 6.82. The van der Waals surface area contributed by atoms with Crippen LogP contribution in [0.3, 0.4) is 0 Å². The zero-order valence-corrected chi connectivity index (χ0v) is 17.2. The smallest absolute Gasteiger partial charge is 0.202 e. The molecule has 4 rings (SSSR count). The number of thiophene rings is 1. The Kier molecular flexibility index (Phi) is 5.95. The Labute approximate surface area is 177 Å². The van der Waals surface area contributed by atoms with E-state index in [4.69, 9.17) is 9.47 Å². The Morgan fingerprint density at radius 3 is 2.77 bits per heavy atom. The average molecular weight is 432 g/mol.